The normalized spacial score (nSPS) is 34.3. The van der Waals surface area contributed by atoms with Crippen LogP contribution in [0.5, 0.6) is 0 Å². The number of nitrogens with zero attached hydrogens (tertiary/aromatic N) is 1. The average molecular weight is 446 g/mol. The maximum absolute atomic E-state index is 12.5. The number of likely N-dealkylation sites (tertiary alicyclic amines) is 1. The highest BCUT2D eigenvalue weighted by Gasteiger charge is 2.45. The lowest BCUT2D eigenvalue weighted by molar-refractivity contribution is -0.128. The van der Waals surface area contributed by atoms with Gasteiger partial charge in [0.2, 0.25) is 5.91 Å². The molecular weight excluding hydrogens is 406 g/mol. The van der Waals surface area contributed by atoms with Crippen LogP contribution >= 0.6 is 11.3 Å². The van der Waals surface area contributed by atoms with E-state index in [1.807, 2.05) is 11.3 Å². The van der Waals surface area contributed by atoms with Crippen molar-refractivity contribution >= 4 is 17.2 Å². The van der Waals surface area contributed by atoms with Gasteiger partial charge in [-0.2, -0.15) is 0 Å². The lowest BCUT2D eigenvalue weighted by Crippen LogP contribution is -2.54. The number of nitrogens with one attached hydrogen (secondary N) is 2. The van der Waals surface area contributed by atoms with Gasteiger partial charge < -0.3 is 20.3 Å². The number of fused-ring (bicyclic) bond motifs is 2. The number of ether oxygens (including phenoxy) is 1. The van der Waals surface area contributed by atoms with Crippen molar-refractivity contribution in [2.45, 2.75) is 82.9 Å². The SMILES string of the molecule is CCc1cc2c(s1)CCO[C@@]21CCN(C[C@H]2C[C@@H](NC(=O)C3CCNCC3)C2)[C@@H](C)C1. The molecule has 5 nitrogen and oxygen atoms in total. The Labute approximate surface area is 191 Å². The maximum Gasteiger partial charge on any atom is 0.223 e. The quantitative estimate of drug-likeness (QED) is 0.729. The third-order valence-electron chi connectivity index (χ3n) is 8.24. The predicted molar refractivity (Wildman–Crippen MR) is 126 cm³/mol. The number of carbonyl (C=O) groups excluding carboxylic acids is 1. The Bertz CT molecular complexity index is 784. The van der Waals surface area contributed by atoms with Crippen LogP contribution < -0.4 is 10.6 Å². The number of thiophene rings is 1. The van der Waals surface area contributed by atoms with Gasteiger partial charge in [0.15, 0.2) is 0 Å². The van der Waals surface area contributed by atoms with Gasteiger partial charge in [-0.05, 0) is 82.5 Å². The molecule has 0 aromatic carbocycles. The first-order valence-electron chi connectivity index (χ1n) is 12.6. The van der Waals surface area contributed by atoms with E-state index in [1.165, 1.54) is 17.0 Å². The molecule has 0 bridgehead atoms. The molecule has 3 aliphatic heterocycles. The van der Waals surface area contributed by atoms with E-state index < -0.39 is 0 Å². The van der Waals surface area contributed by atoms with Crippen LogP contribution in [-0.4, -0.2) is 55.7 Å². The molecule has 3 fully saturated rings. The molecule has 0 unspecified atom stereocenters. The third kappa shape index (κ3) is 4.46. The standard InChI is InChI=1S/C25H39N3O2S/c1-3-21-14-22-23(31-21)6-11-30-25(22)7-10-28(17(2)15-25)16-18-12-20(13-18)27-24(29)19-4-8-26-9-5-19/h14,17-20,26H,3-13,15-16H2,1-2H3,(H,27,29)/t17-,18-,20+,25+/m0/s1. The minimum atomic E-state index is -0.0433. The zero-order valence-corrected chi connectivity index (χ0v) is 20.1. The lowest BCUT2D eigenvalue weighted by atomic mass is 9.76. The van der Waals surface area contributed by atoms with E-state index in [1.54, 1.807) is 4.88 Å². The van der Waals surface area contributed by atoms with Gasteiger partial charge in [0, 0.05) is 47.3 Å². The van der Waals surface area contributed by atoms with Crippen LogP contribution in [0.1, 0.15) is 67.7 Å². The Morgan fingerprint density at radius 2 is 2.16 bits per heavy atom. The first-order valence-corrected chi connectivity index (χ1v) is 13.4. The number of hydrogen-bond acceptors (Lipinski definition) is 5. The molecule has 172 valence electrons. The number of hydrogen-bond donors (Lipinski definition) is 2. The number of aryl methyl sites for hydroxylation is 1. The van der Waals surface area contributed by atoms with Crippen molar-refractivity contribution in [1.82, 2.24) is 15.5 Å². The van der Waals surface area contributed by atoms with E-state index in [0.29, 0.717) is 18.0 Å². The van der Waals surface area contributed by atoms with E-state index in [4.69, 9.17) is 4.74 Å². The summed E-state index contributed by atoms with van der Waals surface area (Å²) in [5.74, 6) is 1.25. The number of amides is 1. The van der Waals surface area contributed by atoms with Crippen molar-refractivity contribution in [1.29, 1.82) is 0 Å². The molecule has 2 saturated heterocycles. The van der Waals surface area contributed by atoms with Gasteiger partial charge in [0.25, 0.3) is 0 Å². The van der Waals surface area contributed by atoms with E-state index in [0.717, 1.165) is 83.5 Å². The Balaban J connectivity index is 1.11. The van der Waals surface area contributed by atoms with Crippen molar-refractivity contribution in [3.8, 4) is 0 Å². The minimum Gasteiger partial charge on any atom is -0.370 e. The van der Waals surface area contributed by atoms with Gasteiger partial charge in [-0.3, -0.25) is 4.79 Å². The van der Waals surface area contributed by atoms with Gasteiger partial charge in [-0.25, -0.2) is 0 Å². The van der Waals surface area contributed by atoms with Crippen LogP contribution in [0, 0.1) is 11.8 Å². The highest BCUT2D eigenvalue weighted by molar-refractivity contribution is 7.12. The van der Waals surface area contributed by atoms with Crippen LogP contribution in [0.4, 0.5) is 0 Å². The summed E-state index contributed by atoms with van der Waals surface area (Å²) in [5, 5.41) is 6.67. The van der Waals surface area contributed by atoms with E-state index in [2.05, 4.69) is 35.4 Å². The van der Waals surface area contributed by atoms with Crippen LogP contribution in [0.2, 0.25) is 0 Å². The molecule has 1 spiro atoms. The van der Waals surface area contributed by atoms with Crippen molar-refractivity contribution in [2.24, 2.45) is 11.8 Å². The highest BCUT2D eigenvalue weighted by Crippen LogP contribution is 2.46. The van der Waals surface area contributed by atoms with Gasteiger partial charge in [0.1, 0.15) is 0 Å². The summed E-state index contributed by atoms with van der Waals surface area (Å²) in [5.41, 5.74) is 1.47. The first kappa shape index (κ1) is 21.9. The fraction of sp³-hybridized carbons (Fsp3) is 0.800. The molecule has 6 heteroatoms. The molecule has 1 amide bonds. The van der Waals surface area contributed by atoms with Gasteiger partial charge in [-0.15, -0.1) is 11.3 Å². The first-order chi connectivity index (χ1) is 15.1. The van der Waals surface area contributed by atoms with Crippen LogP contribution in [0.3, 0.4) is 0 Å². The number of carbonyl (C=O) groups is 1. The van der Waals surface area contributed by atoms with Crippen LogP contribution in [-0.2, 0) is 28.0 Å². The maximum atomic E-state index is 12.5. The second-order valence-corrected chi connectivity index (χ2v) is 11.6. The molecule has 1 aromatic heterocycles. The monoisotopic (exact) mass is 445 g/mol. The average Bonchev–Trinajstić information content (AvgIpc) is 3.19. The smallest absolute Gasteiger partial charge is 0.223 e. The van der Waals surface area contributed by atoms with Gasteiger partial charge in [0.05, 0.1) is 12.2 Å². The molecule has 1 aliphatic carbocycles. The van der Waals surface area contributed by atoms with E-state index in [-0.39, 0.29) is 11.5 Å². The summed E-state index contributed by atoms with van der Waals surface area (Å²) in [6, 6.07) is 3.40. The molecule has 5 rings (SSSR count). The van der Waals surface area contributed by atoms with Crippen molar-refractivity contribution in [3.05, 3.63) is 21.4 Å². The molecule has 4 heterocycles. The minimum absolute atomic E-state index is 0.0433. The summed E-state index contributed by atoms with van der Waals surface area (Å²) in [6.07, 6.45) is 8.73. The molecule has 4 aliphatic rings. The van der Waals surface area contributed by atoms with Gasteiger partial charge in [-0.1, -0.05) is 6.92 Å². The Morgan fingerprint density at radius 3 is 2.90 bits per heavy atom. The Hall–Kier alpha value is -0.950. The lowest BCUT2D eigenvalue weighted by Gasteiger charge is -2.49. The van der Waals surface area contributed by atoms with Gasteiger partial charge >= 0.3 is 0 Å². The second-order valence-electron chi connectivity index (χ2n) is 10.4. The summed E-state index contributed by atoms with van der Waals surface area (Å²) >= 11 is 2.01. The molecule has 2 N–H and O–H groups in total. The fourth-order valence-electron chi connectivity index (χ4n) is 6.28. The number of rotatable bonds is 5. The van der Waals surface area contributed by atoms with Crippen molar-refractivity contribution in [2.75, 3.05) is 32.8 Å². The molecule has 1 aromatic rings. The summed E-state index contributed by atoms with van der Waals surface area (Å²) < 4.78 is 6.50. The zero-order chi connectivity index (χ0) is 21.4. The van der Waals surface area contributed by atoms with E-state index in [9.17, 15) is 4.79 Å². The van der Waals surface area contributed by atoms with Crippen molar-refractivity contribution in [3.63, 3.8) is 0 Å². The number of piperidine rings is 2. The Morgan fingerprint density at radius 1 is 1.35 bits per heavy atom. The Kier molecular flexibility index (Phi) is 6.44. The highest BCUT2D eigenvalue weighted by atomic mass is 32.1. The molecular formula is C25H39N3O2S. The largest absolute Gasteiger partial charge is 0.370 e. The topological polar surface area (TPSA) is 53.6 Å². The molecule has 2 atom stereocenters. The molecule has 0 radical (unpaired) electrons. The molecule has 1 saturated carbocycles. The third-order valence-corrected chi connectivity index (χ3v) is 9.58. The van der Waals surface area contributed by atoms with Crippen molar-refractivity contribution < 1.29 is 9.53 Å². The van der Waals surface area contributed by atoms with E-state index >= 15 is 0 Å². The molecule has 31 heavy (non-hydrogen) atoms. The second kappa shape index (κ2) is 9.12. The summed E-state index contributed by atoms with van der Waals surface area (Å²) in [6.45, 7) is 9.79. The summed E-state index contributed by atoms with van der Waals surface area (Å²) in [4.78, 5) is 18.3. The predicted octanol–water partition coefficient (Wildman–Crippen LogP) is 3.46. The fourth-order valence-corrected chi connectivity index (χ4v) is 7.46. The van der Waals surface area contributed by atoms with Crippen LogP contribution in [0.15, 0.2) is 6.07 Å². The zero-order valence-electron chi connectivity index (χ0n) is 19.3. The summed E-state index contributed by atoms with van der Waals surface area (Å²) in [7, 11) is 0. The van der Waals surface area contributed by atoms with Crippen LogP contribution in [0.25, 0.3) is 0 Å².